The first kappa shape index (κ1) is 23.3. The Hall–Kier alpha value is -1.33. The maximum absolute atomic E-state index is 11.2. The standard InChI is InChI=1S/C25H30Br2O3/c1-4-5-12-24(2,30-23(28)29)13-6-7-14-25(3)21-15-17(26)8-10-19(21)20-11-9-18(27)16-22(20)25/h8-11,15-16H,4-7,12-14H2,1-3H3,(H,28,29). The summed E-state index contributed by atoms with van der Waals surface area (Å²) >= 11 is 7.30. The van der Waals surface area contributed by atoms with Gasteiger partial charge in [0.05, 0.1) is 0 Å². The predicted molar refractivity (Wildman–Crippen MR) is 129 cm³/mol. The second-order valence-corrected chi connectivity index (χ2v) is 10.7. The molecule has 0 saturated carbocycles. The molecule has 1 N–H and O–H groups in total. The minimum atomic E-state index is -1.17. The first-order valence-corrected chi connectivity index (χ1v) is 12.3. The lowest BCUT2D eigenvalue weighted by Gasteiger charge is -2.30. The Bertz CT molecular complexity index is 873. The van der Waals surface area contributed by atoms with E-state index >= 15 is 0 Å². The Kier molecular flexibility index (Phi) is 7.34. The van der Waals surface area contributed by atoms with Gasteiger partial charge in [-0.05, 0) is 85.5 Å². The molecular formula is C25H30Br2O3. The van der Waals surface area contributed by atoms with E-state index in [1.807, 2.05) is 6.92 Å². The van der Waals surface area contributed by atoms with E-state index in [2.05, 4.69) is 82.1 Å². The Balaban J connectivity index is 1.77. The molecular weight excluding hydrogens is 508 g/mol. The topological polar surface area (TPSA) is 46.5 Å². The van der Waals surface area contributed by atoms with Crippen molar-refractivity contribution in [1.29, 1.82) is 0 Å². The second kappa shape index (κ2) is 9.44. The Morgan fingerprint density at radius 3 is 2.03 bits per heavy atom. The number of carboxylic acid groups (broad SMARTS) is 1. The van der Waals surface area contributed by atoms with Gasteiger partial charge in [-0.3, -0.25) is 0 Å². The average molecular weight is 538 g/mol. The summed E-state index contributed by atoms with van der Waals surface area (Å²) in [5, 5.41) is 9.16. The zero-order chi connectivity index (χ0) is 21.9. The number of benzene rings is 2. The summed E-state index contributed by atoms with van der Waals surface area (Å²) in [5.41, 5.74) is 4.68. The van der Waals surface area contributed by atoms with Gasteiger partial charge in [-0.15, -0.1) is 0 Å². The molecule has 0 bridgehead atoms. The summed E-state index contributed by atoms with van der Waals surface area (Å²) in [6.07, 6.45) is 5.34. The molecule has 0 spiro atoms. The third kappa shape index (κ3) is 4.94. The van der Waals surface area contributed by atoms with Gasteiger partial charge in [0.2, 0.25) is 0 Å². The van der Waals surface area contributed by atoms with Crippen LogP contribution in [0.15, 0.2) is 45.3 Å². The summed E-state index contributed by atoms with van der Waals surface area (Å²) in [4.78, 5) is 11.2. The van der Waals surface area contributed by atoms with Crippen LogP contribution in [-0.4, -0.2) is 16.9 Å². The van der Waals surface area contributed by atoms with Crippen LogP contribution in [0, 0.1) is 0 Å². The Morgan fingerprint density at radius 2 is 1.53 bits per heavy atom. The van der Waals surface area contributed by atoms with Crippen LogP contribution in [-0.2, 0) is 10.2 Å². The number of halogens is 2. The van der Waals surface area contributed by atoms with Crippen LogP contribution in [0.2, 0.25) is 0 Å². The molecule has 3 nitrogen and oxygen atoms in total. The molecule has 2 aromatic rings. The predicted octanol–water partition coefficient (Wildman–Crippen LogP) is 8.70. The van der Waals surface area contributed by atoms with E-state index in [4.69, 9.17) is 9.84 Å². The third-order valence-corrected chi connectivity index (χ3v) is 7.45. The average Bonchev–Trinajstić information content (AvgIpc) is 2.91. The molecule has 1 atom stereocenters. The summed E-state index contributed by atoms with van der Waals surface area (Å²) in [6.45, 7) is 6.39. The van der Waals surface area contributed by atoms with Gasteiger partial charge in [0, 0.05) is 14.4 Å². The molecule has 0 saturated heterocycles. The van der Waals surface area contributed by atoms with Gasteiger partial charge >= 0.3 is 6.16 Å². The van der Waals surface area contributed by atoms with Crippen molar-refractivity contribution in [3.8, 4) is 11.1 Å². The Labute approximate surface area is 196 Å². The van der Waals surface area contributed by atoms with Crippen molar-refractivity contribution in [3.05, 3.63) is 56.5 Å². The second-order valence-electron chi connectivity index (χ2n) is 8.84. The van der Waals surface area contributed by atoms with Crippen LogP contribution in [0.25, 0.3) is 11.1 Å². The van der Waals surface area contributed by atoms with Crippen molar-refractivity contribution < 1.29 is 14.6 Å². The van der Waals surface area contributed by atoms with E-state index < -0.39 is 11.8 Å². The van der Waals surface area contributed by atoms with Gasteiger partial charge in [-0.1, -0.05) is 70.7 Å². The lowest BCUT2D eigenvalue weighted by molar-refractivity contribution is -0.0205. The molecule has 5 heteroatoms. The summed E-state index contributed by atoms with van der Waals surface area (Å²) in [5.74, 6) is 0. The maximum atomic E-state index is 11.2. The normalized spacial score (nSPS) is 15.9. The molecule has 2 aromatic carbocycles. The monoisotopic (exact) mass is 536 g/mol. The number of unbranched alkanes of at least 4 members (excludes halogenated alkanes) is 2. The zero-order valence-corrected chi connectivity index (χ0v) is 21.1. The van der Waals surface area contributed by atoms with E-state index in [-0.39, 0.29) is 5.41 Å². The molecule has 1 aliphatic carbocycles. The number of fused-ring (bicyclic) bond motifs is 3. The van der Waals surface area contributed by atoms with E-state index in [1.165, 1.54) is 22.3 Å². The molecule has 30 heavy (non-hydrogen) atoms. The van der Waals surface area contributed by atoms with Crippen LogP contribution in [0.5, 0.6) is 0 Å². The van der Waals surface area contributed by atoms with Crippen molar-refractivity contribution in [2.75, 3.05) is 0 Å². The van der Waals surface area contributed by atoms with Gasteiger partial charge < -0.3 is 9.84 Å². The summed E-state index contributed by atoms with van der Waals surface area (Å²) in [6, 6.07) is 13.1. The lowest BCUT2D eigenvalue weighted by atomic mass is 9.75. The molecule has 3 rings (SSSR count). The van der Waals surface area contributed by atoms with E-state index in [0.717, 1.165) is 53.9 Å². The van der Waals surface area contributed by atoms with Gasteiger partial charge in [0.15, 0.2) is 0 Å². The highest BCUT2D eigenvalue weighted by Crippen LogP contribution is 2.52. The van der Waals surface area contributed by atoms with Crippen molar-refractivity contribution in [3.63, 3.8) is 0 Å². The minimum absolute atomic E-state index is 0.0638. The van der Waals surface area contributed by atoms with E-state index in [9.17, 15) is 4.79 Å². The van der Waals surface area contributed by atoms with E-state index in [1.54, 1.807) is 0 Å². The fourth-order valence-corrected chi connectivity index (χ4v) is 5.52. The number of hydrogen-bond donors (Lipinski definition) is 1. The van der Waals surface area contributed by atoms with Crippen molar-refractivity contribution >= 4 is 38.0 Å². The highest BCUT2D eigenvalue weighted by atomic mass is 79.9. The van der Waals surface area contributed by atoms with Gasteiger partial charge in [0.1, 0.15) is 5.60 Å². The largest absolute Gasteiger partial charge is 0.506 e. The molecule has 1 unspecified atom stereocenters. The smallest absolute Gasteiger partial charge is 0.450 e. The minimum Gasteiger partial charge on any atom is -0.450 e. The summed E-state index contributed by atoms with van der Waals surface area (Å²) < 4.78 is 7.48. The van der Waals surface area contributed by atoms with Gasteiger partial charge in [-0.2, -0.15) is 0 Å². The van der Waals surface area contributed by atoms with Crippen LogP contribution < -0.4 is 0 Å². The Morgan fingerprint density at radius 1 is 1.00 bits per heavy atom. The van der Waals surface area contributed by atoms with Crippen molar-refractivity contribution in [2.24, 2.45) is 0 Å². The number of carbonyl (C=O) groups is 1. The van der Waals surface area contributed by atoms with Crippen molar-refractivity contribution in [2.45, 2.75) is 76.7 Å². The van der Waals surface area contributed by atoms with Crippen LogP contribution in [0.1, 0.15) is 76.8 Å². The van der Waals surface area contributed by atoms with Crippen LogP contribution >= 0.6 is 31.9 Å². The van der Waals surface area contributed by atoms with Crippen LogP contribution in [0.4, 0.5) is 4.79 Å². The third-order valence-electron chi connectivity index (χ3n) is 6.47. The van der Waals surface area contributed by atoms with Crippen molar-refractivity contribution in [1.82, 2.24) is 0 Å². The first-order chi connectivity index (χ1) is 14.2. The van der Waals surface area contributed by atoms with Crippen LogP contribution in [0.3, 0.4) is 0 Å². The molecule has 0 heterocycles. The highest BCUT2D eigenvalue weighted by Gasteiger charge is 2.39. The SMILES string of the molecule is CCCCC(C)(CCCCC1(C)c2cc(Br)ccc2-c2ccc(Br)cc21)OC(=O)O. The zero-order valence-electron chi connectivity index (χ0n) is 17.9. The highest BCUT2D eigenvalue weighted by molar-refractivity contribution is 9.10. The van der Waals surface area contributed by atoms with Gasteiger partial charge in [-0.25, -0.2) is 4.79 Å². The molecule has 0 amide bonds. The fourth-order valence-electron chi connectivity index (χ4n) is 4.80. The fraction of sp³-hybridized carbons (Fsp3) is 0.480. The number of hydrogen-bond acceptors (Lipinski definition) is 2. The van der Waals surface area contributed by atoms with Gasteiger partial charge in [0.25, 0.3) is 0 Å². The molecule has 0 fully saturated rings. The molecule has 0 radical (unpaired) electrons. The maximum Gasteiger partial charge on any atom is 0.506 e. The quantitative estimate of drug-likeness (QED) is 0.257. The first-order valence-electron chi connectivity index (χ1n) is 10.7. The molecule has 162 valence electrons. The molecule has 0 aliphatic heterocycles. The molecule has 1 aliphatic rings. The summed E-state index contributed by atoms with van der Waals surface area (Å²) in [7, 11) is 0. The lowest BCUT2D eigenvalue weighted by Crippen LogP contribution is -2.31. The van der Waals surface area contributed by atoms with E-state index in [0.29, 0.717) is 0 Å². The number of ether oxygens (including phenoxy) is 1. The number of rotatable bonds is 9. The molecule has 0 aromatic heterocycles.